The van der Waals surface area contributed by atoms with Crippen LogP contribution in [0, 0.1) is 0 Å². The van der Waals surface area contributed by atoms with Gasteiger partial charge in [0.1, 0.15) is 0 Å². The van der Waals surface area contributed by atoms with Gasteiger partial charge in [0.25, 0.3) is 0 Å². The number of hydrogen-bond acceptors (Lipinski definition) is 3. The van der Waals surface area contributed by atoms with Crippen LogP contribution in [0.15, 0.2) is 60.7 Å². The molecule has 0 amide bonds. The van der Waals surface area contributed by atoms with Crippen molar-refractivity contribution in [2.75, 3.05) is 0 Å². The van der Waals surface area contributed by atoms with Crippen molar-refractivity contribution in [1.82, 2.24) is 0 Å². The van der Waals surface area contributed by atoms with Crippen LogP contribution in [-0.2, 0) is 1.41 Å². The molecule has 0 saturated carbocycles. The minimum absolute atomic E-state index is 0.939. The van der Waals surface area contributed by atoms with E-state index in [0.717, 1.165) is 29.2 Å². The third-order valence-corrected chi connectivity index (χ3v) is 36.8. The van der Waals surface area contributed by atoms with Crippen LogP contribution in [-0.4, -0.2) is 38.4 Å². The van der Waals surface area contributed by atoms with Crippen molar-refractivity contribution in [2.24, 2.45) is 0 Å². The molecule has 0 saturated heterocycles. The van der Waals surface area contributed by atoms with Crippen LogP contribution in [0.2, 0.25) is 17.7 Å². The van der Waals surface area contributed by atoms with Gasteiger partial charge in [0.15, 0.2) is 0 Å². The van der Waals surface area contributed by atoms with Crippen molar-refractivity contribution in [3.05, 3.63) is 60.7 Å². The third kappa shape index (κ3) is 5.79. The molecule has 0 spiro atoms. The standard InChI is InChI=1S/2C6H6O.4C2H5.O.2Sn/c2*7-6-4-2-1-3-5-6;4*1-2;;;/h2*1-5,7H;4*1H2,2H3;;;/q;;;;;;;2*+1/p-2. The zero-order valence-corrected chi connectivity index (χ0v) is 21.5. The quantitative estimate of drug-likeness (QED) is 0.330. The van der Waals surface area contributed by atoms with Crippen molar-refractivity contribution < 1.29 is 7.56 Å². The van der Waals surface area contributed by atoms with Crippen molar-refractivity contribution >= 4 is 38.4 Å². The van der Waals surface area contributed by atoms with Gasteiger partial charge in [-0.15, -0.1) is 0 Å². The second-order valence-electron chi connectivity index (χ2n) is 6.17. The molecule has 2 aromatic rings. The molecule has 3 nitrogen and oxygen atoms in total. The first kappa shape index (κ1) is 20.9. The Balaban J connectivity index is 2.26. The normalized spacial score (nSPS) is 12.0. The first-order valence-electron chi connectivity index (χ1n) is 9.29. The molecule has 0 aliphatic rings. The van der Waals surface area contributed by atoms with Gasteiger partial charge in [-0.05, 0) is 0 Å². The second-order valence-corrected chi connectivity index (χ2v) is 30.3. The summed E-state index contributed by atoms with van der Waals surface area (Å²) < 4.78 is 24.1. The zero-order valence-electron chi connectivity index (χ0n) is 15.8. The summed E-state index contributed by atoms with van der Waals surface area (Å²) in [5.74, 6) is 1.88. The van der Waals surface area contributed by atoms with E-state index < -0.39 is 38.4 Å². The van der Waals surface area contributed by atoms with Gasteiger partial charge >= 0.3 is 164 Å². The SMILES string of the molecule is C[CH2][Sn]([CH2]C)([O]c1ccccc1)[O][Sn]([CH2]C)([CH2]C)[O]c1ccccc1. The predicted molar refractivity (Wildman–Crippen MR) is 109 cm³/mol. The molecule has 5 heteroatoms. The Morgan fingerprint density at radius 3 is 1.16 bits per heavy atom. The maximum atomic E-state index is 7.01. The monoisotopic (exact) mass is 558 g/mol. The van der Waals surface area contributed by atoms with Gasteiger partial charge in [0, 0.05) is 0 Å². The van der Waals surface area contributed by atoms with Crippen LogP contribution in [0.1, 0.15) is 27.7 Å². The molecule has 25 heavy (non-hydrogen) atoms. The van der Waals surface area contributed by atoms with Crippen LogP contribution in [0.3, 0.4) is 0 Å². The third-order valence-electron chi connectivity index (χ3n) is 4.62. The van der Waals surface area contributed by atoms with Crippen molar-refractivity contribution in [3.63, 3.8) is 0 Å². The summed E-state index contributed by atoms with van der Waals surface area (Å²) >= 11 is -6.46. The van der Waals surface area contributed by atoms with E-state index in [9.17, 15) is 0 Å². The fourth-order valence-electron chi connectivity index (χ4n) is 2.86. The van der Waals surface area contributed by atoms with E-state index in [4.69, 9.17) is 7.56 Å². The Bertz CT molecular complexity index is 556. The van der Waals surface area contributed by atoms with Crippen LogP contribution in [0.5, 0.6) is 11.5 Å². The molecule has 0 atom stereocenters. The van der Waals surface area contributed by atoms with Crippen LogP contribution in [0.25, 0.3) is 0 Å². The van der Waals surface area contributed by atoms with Gasteiger partial charge in [0.2, 0.25) is 0 Å². The molecular formula is C20H30O3Sn2. The van der Waals surface area contributed by atoms with Gasteiger partial charge in [0.05, 0.1) is 0 Å². The van der Waals surface area contributed by atoms with E-state index in [1.807, 2.05) is 60.7 Å². The summed E-state index contributed by atoms with van der Waals surface area (Å²) in [6.07, 6.45) is 0. The average molecular weight is 556 g/mol. The molecule has 2 rings (SSSR count). The van der Waals surface area contributed by atoms with Crippen molar-refractivity contribution in [3.8, 4) is 11.5 Å². The van der Waals surface area contributed by atoms with E-state index in [2.05, 4.69) is 27.7 Å². The average Bonchev–Trinajstić information content (AvgIpc) is 2.68. The van der Waals surface area contributed by atoms with E-state index in [1.54, 1.807) is 0 Å². The van der Waals surface area contributed by atoms with E-state index in [0.29, 0.717) is 0 Å². The Morgan fingerprint density at radius 2 is 0.880 bits per heavy atom. The fourth-order valence-corrected chi connectivity index (χ4v) is 40.0. The van der Waals surface area contributed by atoms with E-state index in [1.165, 1.54) is 0 Å². The van der Waals surface area contributed by atoms with Gasteiger partial charge in [-0.1, -0.05) is 0 Å². The molecule has 2 aromatic carbocycles. The fraction of sp³-hybridized carbons (Fsp3) is 0.400. The van der Waals surface area contributed by atoms with Crippen LogP contribution < -0.4 is 6.15 Å². The second kappa shape index (κ2) is 10.1. The zero-order chi connectivity index (χ0) is 18.2. The Hall–Kier alpha value is -0.403. The molecular weight excluding hydrogens is 526 g/mol. The van der Waals surface area contributed by atoms with Gasteiger partial charge in [-0.2, -0.15) is 0 Å². The van der Waals surface area contributed by atoms with Gasteiger partial charge in [-0.3, -0.25) is 0 Å². The van der Waals surface area contributed by atoms with Crippen LogP contribution >= 0.6 is 0 Å². The predicted octanol–water partition coefficient (Wildman–Crippen LogP) is 6.13. The Labute approximate surface area is 162 Å². The Morgan fingerprint density at radius 1 is 0.560 bits per heavy atom. The number of rotatable bonds is 10. The molecule has 0 aliphatic heterocycles. The molecule has 0 aromatic heterocycles. The topological polar surface area (TPSA) is 27.7 Å². The molecule has 0 bridgehead atoms. The first-order valence-corrected chi connectivity index (χ1v) is 22.0. The summed E-state index contributed by atoms with van der Waals surface area (Å²) in [7, 11) is 0. The number of hydrogen-bond donors (Lipinski definition) is 0. The maximum absolute atomic E-state index is 7.01. The van der Waals surface area contributed by atoms with Gasteiger partial charge in [-0.25, -0.2) is 0 Å². The summed E-state index contributed by atoms with van der Waals surface area (Å²) in [6.45, 7) is 8.86. The molecule has 0 unspecified atom stereocenters. The minimum atomic E-state index is -3.23. The molecule has 0 radical (unpaired) electrons. The number of benzene rings is 2. The summed E-state index contributed by atoms with van der Waals surface area (Å²) in [4.78, 5) is 0. The van der Waals surface area contributed by atoms with Gasteiger partial charge < -0.3 is 0 Å². The van der Waals surface area contributed by atoms with Crippen molar-refractivity contribution in [2.45, 2.75) is 45.4 Å². The first-order chi connectivity index (χ1) is 12.1. The summed E-state index contributed by atoms with van der Waals surface area (Å²) in [5, 5.41) is 0. The number of para-hydroxylation sites is 2. The van der Waals surface area contributed by atoms with E-state index in [-0.39, 0.29) is 0 Å². The summed E-state index contributed by atoms with van der Waals surface area (Å²) in [6, 6.07) is 20.3. The molecule has 0 N–H and O–H groups in total. The molecule has 136 valence electrons. The summed E-state index contributed by atoms with van der Waals surface area (Å²) in [5.41, 5.74) is 0. The molecule has 0 fully saturated rings. The molecule has 0 aliphatic carbocycles. The Kier molecular flexibility index (Phi) is 8.42. The van der Waals surface area contributed by atoms with Crippen molar-refractivity contribution in [1.29, 1.82) is 0 Å². The molecule has 0 heterocycles. The van der Waals surface area contributed by atoms with Crippen LogP contribution in [0.4, 0.5) is 0 Å². The van der Waals surface area contributed by atoms with E-state index >= 15 is 0 Å².